The smallest absolute Gasteiger partial charge is 0.248 e. The maximum atomic E-state index is 11.6. The summed E-state index contributed by atoms with van der Waals surface area (Å²) in [5.41, 5.74) is 1.09. The highest BCUT2D eigenvalue weighted by molar-refractivity contribution is 5.78. The highest BCUT2D eigenvalue weighted by Crippen LogP contribution is 2.11. The Morgan fingerprint density at radius 2 is 2.12 bits per heavy atom. The van der Waals surface area contributed by atoms with Crippen LogP contribution >= 0.6 is 0 Å². The lowest BCUT2D eigenvalue weighted by Crippen LogP contribution is -2.47. The van der Waals surface area contributed by atoms with Crippen molar-refractivity contribution in [1.29, 1.82) is 0 Å². The number of hydrogen-bond donors (Lipinski definition) is 1. The van der Waals surface area contributed by atoms with Crippen LogP contribution in [0.3, 0.4) is 0 Å². The fourth-order valence-corrected chi connectivity index (χ4v) is 1.75. The van der Waals surface area contributed by atoms with E-state index >= 15 is 0 Å². The van der Waals surface area contributed by atoms with Gasteiger partial charge in [-0.3, -0.25) is 4.79 Å². The molecule has 1 saturated heterocycles. The summed E-state index contributed by atoms with van der Waals surface area (Å²) in [5.74, 6) is -0.0199. The number of aliphatic hydroxyl groups is 1. The molecule has 4 nitrogen and oxygen atoms in total. The Kier molecular flexibility index (Phi) is 3.54. The number of hydrogen-bond acceptors (Lipinski definition) is 3. The molecule has 1 aromatic rings. The quantitative estimate of drug-likeness (QED) is 0.804. The van der Waals surface area contributed by atoms with Crippen LogP contribution < -0.4 is 0 Å². The summed E-state index contributed by atoms with van der Waals surface area (Å²) in [5, 5.41) is 9.00. The number of nitrogens with zero attached hydrogens (tertiary/aromatic N) is 1. The SMILES string of the molecule is O=C1CO[C@@H](CO)CN1Cc1ccccc1. The molecule has 1 aliphatic heterocycles. The Morgan fingerprint density at radius 1 is 1.38 bits per heavy atom. The fourth-order valence-electron chi connectivity index (χ4n) is 1.75. The standard InChI is InChI=1S/C12H15NO3/c14-8-11-7-13(12(15)9-16-11)6-10-4-2-1-3-5-10/h1-5,11,14H,6-9H2/t11-/m1/s1. The van der Waals surface area contributed by atoms with Gasteiger partial charge in [-0.1, -0.05) is 30.3 Å². The first-order valence-electron chi connectivity index (χ1n) is 5.34. The van der Waals surface area contributed by atoms with E-state index in [4.69, 9.17) is 9.84 Å². The van der Waals surface area contributed by atoms with Crippen LogP contribution in [0.5, 0.6) is 0 Å². The third kappa shape index (κ3) is 2.59. The second-order valence-electron chi connectivity index (χ2n) is 3.88. The Morgan fingerprint density at radius 3 is 2.81 bits per heavy atom. The van der Waals surface area contributed by atoms with Crippen LogP contribution in [0.15, 0.2) is 30.3 Å². The van der Waals surface area contributed by atoms with Crippen molar-refractivity contribution in [2.24, 2.45) is 0 Å². The van der Waals surface area contributed by atoms with Crippen molar-refractivity contribution < 1.29 is 14.6 Å². The van der Waals surface area contributed by atoms with Crippen LogP contribution in [0.4, 0.5) is 0 Å². The molecule has 0 spiro atoms. The second kappa shape index (κ2) is 5.09. The molecule has 1 heterocycles. The zero-order valence-corrected chi connectivity index (χ0v) is 9.00. The van der Waals surface area contributed by atoms with Gasteiger partial charge in [-0.25, -0.2) is 0 Å². The molecular weight excluding hydrogens is 206 g/mol. The van der Waals surface area contributed by atoms with Crippen LogP contribution in [-0.4, -0.2) is 41.8 Å². The third-order valence-electron chi connectivity index (χ3n) is 2.64. The zero-order chi connectivity index (χ0) is 11.4. The summed E-state index contributed by atoms with van der Waals surface area (Å²) in [4.78, 5) is 13.3. The molecule has 0 radical (unpaired) electrons. The Bertz CT molecular complexity index is 353. The van der Waals surface area contributed by atoms with E-state index in [1.807, 2.05) is 30.3 Å². The fraction of sp³-hybridized carbons (Fsp3) is 0.417. The summed E-state index contributed by atoms with van der Waals surface area (Å²) in [6.07, 6.45) is -0.249. The normalized spacial score (nSPS) is 21.2. The van der Waals surface area contributed by atoms with Crippen LogP contribution in [0.25, 0.3) is 0 Å². The Labute approximate surface area is 94.4 Å². The molecule has 1 N–H and O–H groups in total. The minimum atomic E-state index is -0.249. The van der Waals surface area contributed by atoms with Crippen molar-refractivity contribution >= 4 is 5.91 Å². The number of benzene rings is 1. The molecule has 1 aliphatic rings. The van der Waals surface area contributed by atoms with Gasteiger partial charge >= 0.3 is 0 Å². The van der Waals surface area contributed by atoms with Gasteiger partial charge in [0, 0.05) is 13.1 Å². The van der Waals surface area contributed by atoms with Crippen LogP contribution in [0.2, 0.25) is 0 Å². The van der Waals surface area contributed by atoms with Gasteiger partial charge in [0.2, 0.25) is 5.91 Å². The summed E-state index contributed by atoms with van der Waals surface area (Å²) in [6, 6.07) is 9.81. The molecular formula is C12H15NO3. The van der Waals surface area contributed by atoms with Crippen molar-refractivity contribution in [3.8, 4) is 0 Å². The number of carbonyl (C=O) groups excluding carboxylic acids is 1. The van der Waals surface area contributed by atoms with E-state index in [2.05, 4.69) is 0 Å². The lowest BCUT2D eigenvalue weighted by Gasteiger charge is -2.31. The lowest BCUT2D eigenvalue weighted by atomic mass is 10.2. The number of rotatable bonds is 3. The van der Waals surface area contributed by atoms with Crippen LogP contribution in [-0.2, 0) is 16.1 Å². The molecule has 1 amide bonds. The molecule has 1 aromatic carbocycles. The number of ether oxygens (including phenoxy) is 1. The monoisotopic (exact) mass is 221 g/mol. The average molecular weight is 221 g/mol. The Balaban J connectivity index is 2.00. The predicted octanol–water partition coefficient (Wildman–Crippen LogP) is 0.406. The average Bonchev–Trinajstić information content (AvgIpc) is 2.33. The van der Waals surface area contributed by atoms with E-state index in [0.29, 0.717) is 13.1 Å². The van der Waals surface area contributed by atoms with Gasteiger partial charge in [0.15, 0.2) is 0 Å². The van der Waals surface area contributed by atoms with Gasteiger partial charge in [0.25, 0.3) is 0 Å². The van der Waals surface area contributed by atoms with Gasteiger partial charge < -0.3 is 14.7 Å². The zero-order valence-electron chi connectivity index (χ0n) is 9.00. The van der Waals surface area contributed by atoms with Crippen molar-refractivity contribution in [2.75, 3.05) is 19.8 Å². The molecule has 0 aliphatic carbocycles. The molecule has 0 aromatic heterocycles. The van der Waals surface area contributed by atoms with Crippen LogP contribution in [0.1, 0.15) is 5.56 Å². The molecule has 0 unspecified atom stereocenters. The van der Waals surface area contributed by atoms with Crippen molar-refractivity contribution in [3.05, 3.63) is 35.9 Å². The first kappa shape index (κ1) is 11.1. The number of morpholine rings is 1. The van der Waals surface area contributed by atoms with Gasteiger partial charge in [-0.15, -0.1) is 0 Å². The molecule has 0 saturated carbocycles. The van der Waals surface area contributed by atoms with Gasteiger partial charge in [-0.2, -0.15) is 0 Å². The first-order valence-corrected chi connectivity index (χ1v) is 5.34. The van der Waals surface area contributed by atoms with Crippen molar-refractivity contribution in [3.63, 3.8) is 0 Å². The number of amides is 1. The predicted molar refractivity (Wildman–Crippen MR) is 58.7 cm³/mol. The molecule has 1 fully saturated rings. The van der Waals surface area contributed by atoms with E-state index in [1.165, 1.54) is 0 Å². The minimum Gasteiger partial charge on any atom is -0.394 e. The number of carbonyl (C=O) groups is 1. The summed E-state index contributed by atoms with van der Waals surface area (Å²) < 4.78 is 5.17. The molecule has 16 heavy (non-hydrogen) atoms. The molecule has 86 valence electrons. The minimum absolute atomic E-state index is 0.0199. The summed E-state index contributed by atoms with van der Waals surface area (Å²) in [6.45, 7) is 1.07. The molecule has 0 bridgehead atoms. The topological polar surface area (TPSA) is 49.8 Å². The van der Waals surface area contributed by atoms with Crippen LogP contribution in [0, 0.1) is 0 Å². The van der Waals surface area contributed by atoms with Gasteiger partial charge in [-0.05, 0) is 5.56 Å². The summed E-state index contributed by atoms with van der Waals surface area (Å²) >= 11 is 0. The number of aliphatic hydroxyl groups excluding tert-OH is 1. The Hall–Kier alpha value is -1.39. The van der Waals surface area contributed by atoms with Gasteiger partial charge in [0.1, 0.15) is 6.61 Å². The van der Waals surface area contributed by atoms with E-state index in [1.54, 1.807) is 4.90 Å². The maximum Gasteiger partial charge on any atom is 0.248 e. The molecule has 1 atom stereocenters. The van der Waals surface area contributed by atoms with Crippen molar-refractivity contribution in [1.82, 2.24) is 4.90 Å². The molecule has 4 heteroatoms. The third-order valence-corrected chi connectivity index (χ3v) is 2.64. The van der Waals surface area contributed by atoms with Gasteiger partial charge in [0.05, 0.1) is 12.7 Å². The highest BCUT2D eigenvalue weighted by Gasteiger charge is 2.25. The maximum absolute atomic E-state index is 11.6. The van der Waals surface area contributed by atoms with E-state index in [0.717, 1.165) is 5.56 Å². The van der Waals surface area contributed by atoms with E-state index < -0.39 is 0 Å². The largest absolute Gasteiger partial charge is 0.394 e. The second-order valence-corrected chi connectivity index (χ2v) is 3.88. The summed E-state index contributed by atoms with van der Waals surface area (Å²) in [7, 11) is 0. The molecule has 2 rings (SSSR count). The lowest BCUT2D eigenvalue weighted by molar-refractivity contribution is -0.151. The van der Waals surface area contributed by atoms with E-state index in [9.17, 15) is 4.79 Å². The van der Waals surface area contributed by atoms with E-state index in [-0.39, 0.29) is 25.2 Å². The first-order chi connectivity index (χ1) is 7.79. The van der Waals surface area contributed by atoms with Crippen molar-refractivity contribution in [2.45, 2.75) is 12.6 Å². The highest BCUT2D eigenvalue weighted by atomic mass is 16.5.